The summed E-state index contributed by atoms with van der Waals surface area (Å²) in [5.74, 6) is -0.977. The van der Waals surface area contributed by atoms with Crippen LogP contribution < -0.4 is 0 Å². The van der Waals surface area contributed by atoms with Gasteiger partial charge in [-0.15, -0.1) is 11.3 Å². The third-order valence-electron chi connectivity index (χ3n) is 2.26. The first kappa shape index (κ1) is 12.7. The van der Waals surface area contributed by atoms with E-state index in [9.17, 15) is 4.79 Å². The van der Waals surface area contributed by atoms with E-state index in [2.05, 4.69) is 9.97 Å². The summed E-state index contributed by atoms with van der Waals surface area (Å²) in [7, 11) is 0. The average Bonchev–Trinajstić information content (AvgIpc) is 2.85. The van der Waals surface area contributed by atoms with Crippen molar-refractivity contribution in [3.8, 4) is 10.7 Å². The first-order valence-corrected chi connectivity index (χ1v) is 6.25. The van der Waals surface area contributed by atoms with E-state index >= 15 is 0 Å². The molecule has 0 fully saturated rings. The molecule has 0 unspecified atom stereocenters. The van der Waals surface area contributed by atoms with E-state index in [1.54, 1.807) is 6.20 Å². The summed E-state index contributed by atoms with van der Waals surface area (Å²) in [6, 6.07) is 5.62. The van der Waals surface area contributed by atoms with Crippen LogP contribution in [0.4, 0.5) is 0 Å². The molecule has 2 aromatic rings. The summed E-state index contributed by atoms with van der Waals surface area (Å²) in [5.41, 5.74) is 1.52. The first-order valence-electron chi connectivity index (χ1n) is 5.37. The van der Waals surface area contributed by atoms with Crippen LogP contribution in [0.5, 0.6) is 0 Å². The van der Waals surface area contributed by atoms with Gasteiger partial charge in [0.2, 0.25) is 0 Å². The van der Waals surface area contributed by atoms with Crippen LogP contribution >= 0.6 is 11.3 Å². The molecule has 0 bridgehead atoms. The summed E-state index contributed by atoms with van der Waals surface area (Å²) in [4.78, 5) is 19.1. The summed E-state index contributed by atoms with van der Waals surface area (Å²) in [6.07, 6.45) is 0.879. The molecule has 2 aromatic heterocycles. The fourth-order valence-corrected chi connectivity index (χ4v) is 2.04. The van der Waals surface area contributed by atoms with Gasteiger partial charge in [0.25, 0.3) is 0 Å². The average molecular weight is 264 g/mol. The predicted molar refractivity (Wildman–Crippen MR) is 67.2 cm³/mol. The molecule has 1 N–H and O–H groups in total. The minimum Gasteiger partial charge on any atom is -0.479 e. The number of carboxylic acids is 1. The van der Waals surface area contributed by atoms with Gasteiger partial charge >= 0.3 is 5.97 Å². The van der Waals surface area contributed by atoms with Gasteiger partial charge in [-0.1, -0.05) is 6.07 Å². The lowest BCUT2D eigenvalue weighted by molar-refractivity contribution is -0.149. The van der Waals surface area contributed by atoms with Crippen LogP contribution in [0.1, 0.15) is 12.6 Å². The zero-order valence-corrected chi connectivity index (χ0v) is 10.6. The van der Waals surface area contributed by atoms with Gasteiger partial charge in [-0.25, -0.2) is 9.78 Å². The number of thiazole rings is 1. The van der Waals surface area contributed by atoms with Crippen molar-refractivity contribution in [2.24, 2.45) is 0 Å². The van der Waals surface area contributed by atoms with E-state index in [1.807, 2.05) is 23.6 Å². The van der Waals surface area contributed by atoms with E-state index in [1.165, 1.54) is 18.3 Å². The molecule has 0 spiro atoms. The molecule has 0 saturated heterocycles. The van der Waals surface area contributed by atoms with Crippen LogP contribution in [0.25, 0.3) is 10.7 Å². The number of rotatable bonds is 5. The third-order valence-corrected chi connectivity index (χ3v) is 3.18. The molecule has 5 nitrogen and oxygen atoms in total. The number of hydrogen-bond acceptors (Lipinski definition) is 5. The second-order valence-corrected chi connectivity index (χ2v) is 4.51. The van der Waals surface area contributed by atoms with Crippen molar-refractivity contribution in [1.29, 1.82) is 0 Å². The van der Waals surface area contributed by atoms with Gasteiger partial charge in [0.1, 0.15) is 5.01 Å². The van der Waals surface area contributed by atoms with Crippen molar-refractivity contribution in [1.82, 2.24) is 9.97 Å². The molecule has 2 rings (SSSR count). The van der Waals surface area contributed by atoms with Gasteiger partial charge < -0.3 is 9.84 Å². The molecular weight excluding hydrogens is 252 g/mol. The molecule has 1 atom stereocenters. The Morgan fingerprint density at radius 2 is 2.39 bits per heavy atom. The maximum absolute atomic E-state index is 10.6. The molecule has 0 radical (unpaired) electrons. The number of ether oxygens (including phenoxy) is 1. The Balaban J connectivity index is 2.01. The standard InChI is InChI=1S/C12H12N2O3S/c1-8(12(15)16)17-6-9-7-18-11(14-9)10-4-2-3-5-13-10/h2-5,7-8H,6H2,1H3,(H,15,16)/t8-/m1/s1. The van der Waals surface area contributed by atoms with Crippen LogP contribution in [0.15, 0.2) is 29.8 Å². The van der Waals surface area contributed by atoms with Crippen LogP contribution in [0.3, 0.4) is 0 Å². The number of carboxylic acid groups (broad SMARTS) is 1. The first-order chi connectivity index (χ1) is 8.66. The second kappa shape index (κ2) is 5.70. The van der Waals surface area contributed by atoms with Gasteiger partial charge in [0.15, 0.2) is 6.10 Å². The molecule has 94 valence electrons. The highest BCUT2D eigenvalue weighted by Crippen LogP contribution is 2.21. The SMILES string of the molecule is C[C@@H](OCc1csc(-c2ccccn2)n1)C(=O)O. The van der Waals surface area contributed by atoms with Crippen molar-refractivity contribution < 1.29 is 14.6 Å². The monoisotopic (exact) mass is 264 g/mol. The van der Waals surface area contributed by atoms with Gasteiger partial charge in [0, 0.05) is 11.6 Å². The molecule has 2 heterocycles. The number of carbonyl (C=O) groups is 1. The minimum atomic E-state index is -0.977. The molecule has 18 heavy (non-hydrogen) atoms. The Labute approximate surface area is 108 Å². The largest absolute Gasteiger partial charge is 0.479 e. The van der Waals surface area contributed by atoms with Crippen molar-refractivity contribution in [3.63, 3.8) is 0 Å². The van der Waals surface area contributed by atoms with Crippen LogP contribution in [-0.4, -0.2) is 27.1 Å². The Kier molecular flexibility index (Phi) is 4.01. The highest BCUT2D eigenvalue weighted by atomic mass is 32.1. The maximum atomic E-state index is 10.6. The van der Waals surface area contributed by atoms with E-state index in [4.69, 9.17) is 9.84 Å². The predicted octanol–water partition coefficient (Wildman–Crippen LogP) is 2.19. The third kappa shape index (κ3) is 3.12. The van der Waals surface area contributed by atoms with Crippen LogP contribution in [0.2, 0.25) is 0 Å². The molecule has 0 saturated carbocycles. The van der Waals surface area contributed by atoms with Gasteiger partial charge in [-0.05, 0) is 19.1 Å². The van der Waals surface area contributed by atoms with Gasteiger partial charge in [-0.2, -0.15) is 0 Å². The van der Waals surface area contributed by atoms with E-state index in [0.717, 1.165) is 10.7 Å². The summed E-state index contributed by atoms with van der Waals surface area (Å²) < 4.78 is 5.16. The molecule has 0 aliphatic carbocycles. The quantitative estimate of drug-likeness (QED) is 0.896. The molecule has 0 aliphatic heterocycles. The normalized spacial score (nSPS) is 12.3. The van der Waals surface area contributed by atoms with Gasteiger partial charge in [0.05, 0.1) is 18.0 Å². The highest BCUT2D eigenvalue weighted by Gasteiger charge is 2.12. The minimum absolute atomic E-state index is 0.191. The summed E-state index contributed by atoms with van der Waals surface area (Å²) >= 11 is 1.46. The Hall–Kier alpha value is -1.79. The Morgan fingerprint density at radius 3 is 3.06 bits per heavy atom. The Bertz CT molecular complexity index is 527. The smallest absolute Gasteiger partial charge is 0.332 e. The van der Waals surface area contributed by atoms with Gasteiger partial charge in [-0.3, -0.25) is 4.98 Å². The van der Waals surface area contributed by atoms with E-state index < -0.39 is 12.1 Å². The van der Waals surface area contributed by atoms with Crippen molar-refractivity contribution in [2.75, 3.05) is 0 Å². The number of aromatic nitrogens is 2. The lowest BCUT2D eigenvalue weighted by Crippen LogP contribution is -2.19. The van der Waals surface area contributed by atoms with Crippen molar-refractivity contribution in [3.05, 3.63) is 35.5 Å². The molecule has 0 aromatic carbocycles. The molecule has 0 amide bonds. The number of pyridine rings is 1. The topological polar surface area (TPSA) is 72.3 Å². The van der Waals surface area contributed by atoms with E-state index in [-0.39, 0.29) is 6.61 Å². The highest BCUT2D eigenvalue weighted by molar-refractivity contribution is 7.13. The summed E-state index contributed by atoms with van der Waals surface area (Å²) in [5, 5.41) is 11.3. The molecular formula is C12H12N2O3S. The second-order valence-electron chi connectivity index (χ2n) is 3.65. The van der Waals surface area contributed by atoms with Crippen molar-refractivity contribution >= 4 is 17.3 Å². The zero-order chi connectivity index (χ0) is 13.0. The summed E-state index contributed by atoms with van der Waals surface area (Å²) in [6.45, 7) is 1.69. The van der Waals surface area contributed by atoms with Crippen molar-refractivity contribution in [2.45, 2.75) is 19.6 Å². The lowest BCUT2D eigenvalue weighted by Gasteiger charge is -2.05. The lowest BCUT2D eigenvalue weighted by atomic mass is 10.4. The van der Waals surface area contributed by atoms with Crippen LogP contribution in [0, 0.1) is 0 Å². The zero-order valence-electron chi connectivity index (χ0n) is 9.74. The fourth-order valence-electron chi connectivity index (χ4n) is 1.26. The maximum Gasteiger partial charge on any atom is 0.332 e. The van der Waals surface area contributed by atoms with E-state index in [0.29, 0.717) is 5.69 Å². The molecule has 0 aliphatic rings. The number of nitrogens with zero attached hydrogens (tertiary/aromatic N) is 2. The number of hydrogen-bond donors (Lipinski definition) is 1. The van der Waals surface area contributed by atoms with Crippen LogP contribution in [-0.2, 0) is 16.1 Å². The number of aliphatic carboxylic acids is 1. The fraction of sp³-hybridized carbons (Fsp3) is 0.250. The molecule has 6 heteroatoms. The Morgan fingerprint density at radius 1 is 1.56 bits per heavy atom.